The van der Waals surface area contributed by atoms with Crippen LogP contribution in [-0.4, -0.2) is 31.7 Å². The number of halogens is 2. The lowest BCUT2D eigenvalue weighted by Gasteiger charge is -2.17. The minimum absolute atomic E-state index is 0.0285. The number of amides is 2. The molecule has 0 spiro atoms. The van der Waals surface area contributed by atoms with E-state index in [9.17, 15) is 18.0 Å². The van der Waals surface area contributed by atoms with Crippen molar-refractivity contribution in [1.29, 1.82) is 0 Å². The van der Waals surface area contributed by atoms with Crippen molar-refractivity contribution in [2.45, 2.75) is 12.8 Å². The van der Waals surface area contributed by atoms with E-state index in [0.717, 1.165) is 0 Å². The van der Waals surface area contributed by atoms with Gasteiger partial charge in [0.05, 0.1) is 11.5 Å². The van der Waals surface area contributed by atoms with Crippen molar-refractivity contribution in [3.63, 3.8) is 0 Å². The van der Waals surface area contributed by atoms with Crippen LogP contribution >= 0.6 is 23.2 Å². The van der Waals surface area contributed by atoms with Gasteiger partial charge in [0.1, 0.15) is 0 Å². The summed E-state index contributed by atoms with van der Waals surface area (Å²) in [5, 5.41) is 6.58. The Morgan fingerprint density at radius 3 is 1.45 bits per heavy atom. The van der Waals surface area contributed by atoms with Gasteiger partial charge in [0, 0.05) is 34.3 Å². The summed E-state index contributed by atoms with van der Waals surface area (Å²) in [5.41, 5.74) is 1.16. The van der Waals surface area contributed by atoms with Gasteiger partial charge in [-0.3, -0.25) is 9.59 Å². The van der Waals surface area contributed by atoms with Crippen molar-refractivity contribution < 1.29 is 18.0 Å². The molecule has 2 atom stereocenters. The van der Waals surface area contributed by atoms with Crippen LogP contribution in [0.4, 0.5) is 11.4 Å². The second-order valence-corrected chi connectivity index (χ2v) is 10.1. The first-order chi connectivity index (χ1) is 13.7. The monoisotopic (exact) mass is 454 g/mol. The van der Waals surface area contributed by atoms with Crippen LogP contribution in [-0.2, 0) is 19.4 Å². The quantitative estimate of drug-likeness (QED) is 0.689. The molecule has 1 heterocycles. The van der Waals surface area contributed by atoms with E-state index in [0.29, 0.717) is 21.4 Å². The maximum atomic E-state index is 12.4. The number of rotatable bonds is 6. The molecule has 0 unspecified atom stereocenters. The molecule has 1 saturated heterocycles. The first kappa shape index (κ1) is 21.6. The number of benzene rings is 2. The molecule has 2 aromatic carbocycles. The Balaban J connectivity index is 1.60. The highest BCUT2D eigenvalue weighted by molar-refractivity contribution is 7.91. The molecule has 0 radical (unpaired) electrons. The van der Waals surface area contributed by atoms with Gasteiger partial charge in [-0.1, -0.05) is 23.2 Å². The molecule has 2 aromatic rings. The molecule has 1 aliphatic heterocycles. The average molecular weight is 455 g/mol. The van der Waals surface area contributed by atoms with E-state index in [4.69, 9.17) is 23.2 Å². The van der Waals surface area contributed by atoms with Gasteiger partial charge in [0.2, 0.25) is 11.8 Å². The summed E-state index contributed by atoms with van der Waals surface area (Å²) < 4.78 is 24.2. The molecule has 29 heavy (non-hydrogen) atoms. The fraction of sp³-hybridized carbons (Fsp3) is 0.300. The molecule has 1 aliphatic rings. The minimum atomic E-state index is -3.29. The van der Waals surface area contributed by atoms with Crippen molar-refractivity contribution in [3.8, 4) is 0 Å². The Bertz CT molecular complexity index is 917. The highest BCUT2D eigenvalue weighted by Gasteiger charge is 2.39. The Morgan fingerprint density at radius 2 is 1.10 bits per heavy atom. The fourth-order valence-electron chi connectivity index (χ4n) is 3.41. The van der Waals surface area contributed by atoms with Crippen LogP contribution in [0.5, 0.6) is 0 Å². The van der Waals surface area contributed by atoms with Crippen molar-refractivity contribution in [3.05, 3.63) is 58.6 Å². The predicted octanol–water partition coefficient (Wildman–Crippen LogP) is 4.01. The summed E-state index contributed by atoms with van der Waals surface area (Å²) in [6.45, 7) is 0. The number of carbonyl (C=O) groups is 2. The van der Waals surface area contributed by atoms with Gasteiger partial charge in [-0.15, -0.1) is 0 Å². The summed E-state index contributed by atoms with van der Waals surface area (Å²) in [4.78, 5) is 24.7. The average Bonchev–Trinajstić information content (AvgIpc) is 2.91. The van der Waals surface area contributed by atoms with E-state index in [-0.39, 0.29) is 36.2 Å². The van der Waals surface area contributed by atoms with E-state index in [1.807, 2.05) is 0 Å². The lowest BCUT2D eigenvalue weighted by Crippen LogP contribution is -2.25. The number of hydrogen-bond acceptors (Lipinski definition) is 4. The number of hydrogen-bond donors (Lipinski definition) is 2. The third-order valence-electron chi connectivity index (χ3n) is 4.75. The van der Waals surface area contributed by atoms with E-state index >= 15 is 0 Å². The van der Waals surface area contributed by atoms with Gasteiger partial charge >= 0.3 is 0 Å². The predicted molar refractivity (Wildman–Crippen MR) is 115 cm³/mol. The molecule has 2 amide bonds. The van der Waals surface area contributed by atoms with Crippen molar-refractivity contribution in [1.82, 2.24) is 0 Å². The lowest BCUT2D eigenvalue weighted by molar-refractivity contribution is -0.119. The van der Waals surface area contributed by atoms with E-state index < -0.39 is 21.7 Å². The zero-order valence-electron chi connectivity index (χ0n) is 15.4. The maximum Gasteiger partial charge on any atom is 0.224 e. The maximum absolute atomic E-state index is 12.4. The molecule has 1 fully saturated rings. The van der Waals surface area contributed by atoms with Crippen molar-refractivity contribution in [2.24, 2.45) is 11.8 Å². The third kappa shape index (κ3) is 6.45. The van der Waals surface area contributed by atoms with Gasteiger partial charge in [-0.05, 0) is 60.4 Å². The number of nitrogens with one attached hydrogen (secondary N) is 2. The lowest BCUT2D eigenvalue weighted by atomic mass is 9.89. The van der Waals surface area contributed by atoms with Crippen LogP contribution in [0, 0.1) is 11.8 Å². The Hall–Kier alpha value is -2.09. The minimum Gasteiger partial charge on any atom is -0.326 e. The Labute approximate surface area is 179 Å². The van der Waals surface area contributed by atoms with E-state index in [2.05, 4.69) is 10.6 Å². The third-order valence-corrected chi connectivity index (χ3v) is 7.13. The Morgan fingerprint density at radius 1 is 0.759 bits per heavy atom. The Kier molecular flexibility index (Phi) is 6.82. The van der Waals surface area contributed by atoms with Crippen LogP contribution in [0.25, 0.3) is 0 Å². The van der Waals surface area contributed by atoms with Crippen LogP contribution in [0.3, 0.4) is 0 Å². The smallest absolute Gasteiger partial charge is 0.224 e. The molecule has 0 aliphatic carbocycles. The van der Waals surface area contributed by atoms with Crippen molar-refractivity contribution >= 4 is 56.2 Å². The first-order valence-corrected chi connectivity index (χ1v) is 11.6. The molecule has 2 N–H and O–H groups in total. The second-order valence-electron chi connectivity index (χ2n) is 7.12. The van der Waals surface area contributed by atoms with Crippen LogP contribution in [0.1, 0.15) is 12.8 Å². The van der Waals surface area contributed by atoms with Gasteiger partial charge in [0.25, 0.3) is 0 Å². The summed E-state index contributed by atoms with van der Waals surface area (Å²) in [6.07, 6.45) is 0.0570. The molecule has 3 rings (SSSR count). The molecule has 9 heteroatoms. The molecule has 6 nitrogen and oxygen atoms in total. The van der Waals surface area contributed by atoms with Gasteiger partial charge < -0.3 is 10.6 Å². The van der Waals surface area contributed by atoms with Crippen molar-refractivity contribution in [2.75, 3.05) is 22.1 Å². The molecule has 154 valence electrons. The number of carbonyl (C=O) groups excluding carboxylic acids is 2. The van der Waals surface area contributed by atoms with Gasteiger partial charge in [-0.25, -0.2) is 8.42 Å². The summed E-state index contributed by atoms with van der Waals surface area (Å²) in [5.74, 6) is -1.61. The first-order valence-electron chi connectivity index (χ1n) is 9.01. The highest BCUT2D eigenvalue weighted by atomic mass is 35.5. The van der Waals surface area contributed by atoms with Crippen LogP contribution < -0.4 is 10.6 Å². The normalized spacial score (nSPS) is 20.2. The van der Waals surface area contributed by atoms with Crippen LogP contribution in [0.15, 0.2) is 48.5 Å². The second kappa shape index (κ2) is 9.15. The molecular formula is C20H20Cl2N2O4S. The van der Waals surface area contributed by atoms with E-state index in [1.54, 1.807) is 48.5 Å². The molecule has 0 saturated carbocycles. The SMILES string of the molecule is O=C(C[C@@H]1CS(=O)(=O)C[C@H]1CC(=O)Nc1ccc(Cl)cc1)Nc1ccc(Cl)cc1. The fourth-order valence-corrected chi connectivity index (χ4v) is 5.88. The molecule has 0 bridgehead atoms. The standard InChI is InChI=1S/C20H20Cl2N2O4S/c21-15-1-5-17(6-2-15)23-19(25)9-13-11-29(27,28)12-14(13)10-20(26)24-18-7-3-16(22)4-8-18/h1-8,13-14H,9-12H2,(H,23,25)(H,24,26)/t13-,14-/m1/s1. The van der Waals surface area contributed by atoms with Gasteiger partial charge in [-0.2, -0.15) is 0 Å². The summed E-state index contributed by atoms with van der Waals surface area (Å²) >= 11 is 11.7. The largest absolute Gasteiger partial charge is 0.326 e. The topological polar surface area (TPSA) is 92.3 Å². The summed E-state index contributed by atoms with van der Waals surface area (Å²) in [6, 6.07) is 13.3. The summed E-state index contributed by atoms with van der Waals surface area (Å²) in [7, 11) is -3.29. The number of sulfone groups is 1. The van der Waals surface area contributed by atoms with Crippen LogP contribution in [0.2, 0.25) is 10.0 Å². The zero-order valence-corrected chi connectivity index (χ0v) is 17.7. The number of anilines is 2. The molecule has 0 aromatic heterocycles. The molecular weight excluding hydrogens is 435 g/mol. The van der Waals surface area contributed by atoms with Gasteiger partial charge in [0.15, 0.2) is 9.84 Å². The highest BCUT2D eigenvalue weighted by Crippen LogP contribution is 2.31. The van der Waals surface area contributed by atoms with E-state index in [1.165, 1.54) is 0 Å². The zero-order chi connectivity index (χ0) is 21.0.